The number of carbonyl (C=O) groups is 1. The van der Waals surface area contributed by atoms with Crippen molar-refractivity contribution in [1.29, 1.82) is 0 Å². The van der Waals surface area contributed by atoms with E-state index in [4.69, 9.17) is 11.6 Å². The molecule has 0 spiro atoms. The average Bonchev–Trinajstić information content (AvgIpc) is 2.90. The minimum atomic E-state index is -1.34. The number of rotatable bonds is 5. The lowest BCUT2D eigenvalue weighted by Crippen LogP contribution is -2.42. The Hall–Kier alpha value is -2.02. The van der Waals surface area contributed by atoms with Gasteiger partial charge >= 0.3 is 5.97 Å². The summed E-state index contributed by atoms with van der Waals surface area (Å²) in [7, 11) is 0. The second kappa shape index (κ2) is 5.77. The van der Waals surface area contributed by atoms with Crippen molar-refractivity contribution in [2.75, 3.05) is 0 Å². The molecule has 1 heterocycles. The normalized spacial score (nSPS) is 11.6. The highest BCUT2D eigenvalue weighted by molar-refractivity contribution is 6.33. The Bertz CT molecular complexity index is 650. The molecule has 1 aromatic heterocycles. The Balaban J connectivity index is 2.71. The number of aliphatic carboxylic acids is 1. The van der Waals surface area contributed by atoms with Crippen LogP contribution >= 0.6 is 11.6 Å². The van der Waals surface area contributed by atoms with Gasteiger partial charge in [0.1, 0.15) is 5.82 Å². The molecule has 0 aliphatic heterocycles. The number of hydrogen-bond acceptors (Lipinski definition) is 4. The molecule has 2 rings (SSSR count). The molecule has 112 valence electrons. The first-order valence-electron chi connectivity index (χ1n) is 6.44. The molecule has 0 unspecified atom stereocenters. The van der Waals surface area contributed by atoms with Crippen LogP contribution in [-0.4, -0.2) is 31.3 Å². The zero-order valence-corrected chi connectivity index (χ0v) is 12.3. The molecule has 8 heteroatoms. The predicted octanol–water partition coefficient (Wildman–Crippen LogP) is 2.73. The number of benzene rings is 1. The van der Waals surface area contributed by atoms with Gasteiger partial charge in [0.05, 0.1) is 10.6 Å². The summed E-state index contributed by atoms with van der Waals surface area (Å²) in [5, 5.41) is 20.7. The van der Waals surface area contributed by atoms with Crippen LogP contribution in [0.3, 0.4) is 0 Å². The van der Waals surface area contributed by atoms with Crippen LogP contribution < -0.4 is 0 Å². The lowest BCUT2D eigenvalue weighted by atomic mass is 9.92. The molecule has 0 aliphatic rings. The smallest absolute Gasteiger partial charge is 0.331 e. The van der Waals surface area contributed by atoms with Crippen molar-refractivity contribution >= 4 is 17.6 Å². The Kier molecular flexibility index (Phi) is 4.22. The summed E-state index contributed by atoms with van der Waals surface area (Å²) < 4.78 is 15.2. The van der Waals surface area contributed by atoms with Gasteiger partial charge < -0.3 is 5.11 Å². The molecular weight excluding hydrogens is 299 g/mol. The van der Waals surface area contributed by atoms with Crippen molar-refractivity contribution in [2.45, 2.75) is 32.2 Å². The molecule has 0 atom stereocenters. The van der Waals surface area contributed by atoms with Gasteiger partial charge in [-0.25, -0.2) is 13.9 Å². The van der Waals surface area contributed by atoms with Crippen molar-refractivity contribution in [3.05, 3.63) is 29.0 Å². The maximum absolute atomic E-state index is 14.1. The lowest BCUT2D eigenvalue weighted by molar-refractivity contribution is -0.148. The zero-order chi connectivity index (χ0) is 15.6. The summed E-state index contributed by atoms with van der Waals surface area (Å²) in [5.74, 6) is -1.68. The Morgan fingerprint density at radius 3 is 2.62 bits per heavy atom. The largest absolute Gasteiger partial charge is 0.479 e. The summed E-state index contributed by atoms with van der Waals surface area (Å²) in [6.45, 7) is 3.43. The van der Waals surface area contributed by atoms with Crippen LogP contribution in [0, 0.1) is 5.82 Å². The molecular formula is C13H14ClFN4O2. The summed E-state index contributed by atoms with van der Waals surface area (Å²) in [6, 6.07) is 4.18. The van der Waals surface area contributed by atoms with Gasteiger partial charge in [-0.3, -0.25) is 0 Å². The number of hydrogen-bond donors (Lipinski definition) is 1. The van der Waals surface area contributed by atoms with Crippen molar-refractivity contribution in [2.24, 2.45) is 0 Å². The highest BCUT2D eigenvalue weighted by atomic mass is 35.5. The Labute approximate surface area is 125 Å². The van der Waals surface area contributed by atoms with Gasteiger partial charge in [-0.2, -0.15) is 0 Å². The van der Waals surface area contributed by atoms with Crippen LogP contribution in [0.2, 0.25) is 5.02 Å². The number of aromatic nitrogens is 4. The first-order chi connectivity index (χ1) is 9.97. The molecule has 0 saturated heterocycles. The Morgan fingerprint density at radius 1 is 1.43 bits per heavy atom. The van der Waals surface area contributed by atoms with Crippen molar-refractivity contribution in [3.8, 4) is 11.4 Å². The maximum atomic E-state index is 14.1. The highest BCUT2D eigenvalue weighted by Gasteiger charge is 2.41. The first kappa shape index (κ1) is 15.4. The number of carboxylic acid groups (broad SMARTS) is 1. The van der Waals surface area contributed by atoms with E-state index in [-0.39, 0.29) is 29.3 Å². The van der Waals surface area contributed by atoms with E-state index in [9.17, 15) is 14.3 Å². The number of tetrazole rings is 1. The molecule has 0 amide bonds. The fourth-order valence-corrected chi connectivity index (χ4v) is 2.53. The lowest BCUT2D eigenvalue weighted by Gasteiger charge is -2.27. The molecule has 0 fully saturated rings. The minimum Gasteiger partial charge on any atom is -0.479 e. The van der Waals surface area contributed by atoms with E-state index < -0.39 is 17.3 Å². The van der Waals surface area contributed by atoms with Gasteiger partial charge in [-0.1, -0.05) is 31.5 Å². The molecule has 0 aliphatic carbocycles. The number of nitrogens with zero attached hydrogens (tertiary/aromatic N) is 4. The first-order valence-corrected chi connectivity index (χ1v) is 6.82. The fraction of sp³-hybridized carbons (Fsp3) is 0.385. The van der Waals surface area contributed by atoms with E-state index in [1.54, 1.807) is 13.8 Å². The third kappa shape index (κ3) is 2.37. The summed E-state index contributed by atoms with van der Waals surface area (Å²) >= 11 is 6.01. The van der Waals surface area contributed by atoms with Crippen molar-refractivity contribution in [3.63, 3.8) is 0 Å². The topological polar surface area (TPSA) is 80.9 Å². The minimum absolute atomic E-state index is 0.00306. The van der Waals surface area contributed by atoms with E-state index in [2.05, 4.69) is 15.5 Å². The standard InChI is InChI=1S/C13H14ClFN4O2/c1-3-13(4-2,12(20)21)19-11(16-17-18-19)10-8(14)6-5-7-9(10)15/h5-7H,3-4H2,1-2H3,(H,20,21). The van der Waals surface area contributed by atoms with Gasteiger partial charge in [-0.15, -0.1) is 5.10 Å². The average molecular weight is 313 g/mol. The van der Waals surface area contributed by atoms with E-state index in [0.29, 0.717) is 0 Å². The summed E-state index contributed by atoms with van der Waals surface area (Å²) in [6.07, 6.45) is 0.506. The van der Waals surface area contributed by atoms with Gasteiger partial charge in [0, 0.05) is 0 Å². The monoisotopic (exact) mass is 312 g/mol. The van der Waals surface area contributed by atoms with E-state index in [1.807, 2.05) is 0 Å². The number of carboxylic acids is 1. The maximum Gasteiger partial charge on any atom is 0.331 e. The summed E-state index contributed by atoms with van der Waals surface area (Å²) in [4.78, 5) is 11.7. The molecule has 1 N–H and O–H groups in total. The Morgan fingerprint density at radius 2 is 2.10 bits per heavy atom. The third-order valence-electron chi connectivity index (χ3n) is 3.63. The van der Waals surface area contributed by atoms with Crippen LogP contribution in [0.25, 0.3) is 11.4 Å². The molecule has 1 aromatic carbocycles. The molecule has 21 heavy (non-hydrogen) atoms. The fourth-order valence-electron chi connectivity index (χ4n) is 2.29. The zero-order valence-electron chi connectivity index (χ0n) is 11.5. The highest BCUT2D eigenvalue weighted by Crippen LogP contribution is 2.34. The number of halogens is 2. The van der Waals surface area contributed by atoms with Gasteiger partial charge in [-0.05, 0) is 35.4 Å². The van der Waals surface area contributed by atoms with Crippen molar-refractivity contribution < 1.29 is 14.3 Å². The molecule has 0 bridgehead atoms. The SMILES string of the molecule is CCC(CC)(C(=O)O)n1nnnc1-c1c(F)cccc1Cl. The van der Waals surface area contributed by atoms with Gasteiger partial charge in [0.25, 0.3) is 0 Å². The van der Waals surface area contributed by atoms with E-state index in [1.165, 1.54) is 18.2 Å². The van der Waals surface area contributed by atoms with Crippen LogP contribution in [0.15, 0.2) is 18.2 Å². The molecule has 0 radical (unpaired) electrons. The van der Waals surface area contributed by atoms with Gasteiger partial charge in [0.2, 0.25) is 0 Å². The van der Waals surface area contributed by atoms with Crippen molar-refractivity contribution in [1.82, 2.24) is 20.2 Å². The second-order valence-electron chi connectivity index (χ2n) is 4.55. The molecule has 2 aromatic rings. The molecule has 0 saturated carbocycles. The van der Waals surface area contributed by atoms with Crippen LogP contribution in [0.1, 0.15) is 26.7 Å². The van der Waals surface area contributed by atoms with Crippen LogP contribution in [0.4, 0.5) is 4.39 Å². The third-order valence-corrected chi connectivity index (χ3v) is 3.94. The van der Waals surface area contributed by atoms with E-state index >= 15 is 0 Å². The van der Waals surface area contributed by atoms with Gasteiger partial charge in [0.15, 0.2) is 11.4 Å². The second-order valence-corrected chi connectivity index (χ2v) is 4.96. The predicted molar refractivity (Wildman–Crippen MR) is 74.4 cm³/mol. The summed E-state index contributed by atoms with van der Waals surface area (Å²) in [5.41, 5.74) is -1.35. The van der Waals surface area contributed by atoms with E-state index in [0.717, 1.165) is 4.68 Å². The van der Waals surface area contributed by atoms with Crippen LogP contribution in [-0.2, 0) is 10.3 Å². The molecule has 6 nitrogen and oxygen atoms in total. The quantitative estimate of drug-likeness (QED) is 0.918. The van der Waals surface area contributed by atoms with Crippen LogP contribution in [0.5, 0.6) is 0 Å².